The lowest BCUT2D eigenvalue weighted by molar-refractivity contribution is 1.30. The molecule has 0 aliphatic rings. The third-order valence-electron chi connectivity index (χ3n) is 1.58. The summed E-state index contributed by atoms with van der Waals surface area (Å²) in [4.78, 5) is 0. The second kappa shape index (κ2) is 5.83. The van der Waals surface area contributed by atoms with Crippen LogP contribution in [0.4, 0.5) is 0 Å². The van der Waals surface area contributed by atoms with Gasteiger partial charge in [-0.1, -0.05) is 35.8 Å². The van der Waals surface area contributed by atoms with Crippen LogP contribution in [0.2, 0.25) is 0 Å². The first-order chi connectivity index (χ1) is 6.88. The summed E-state index contributed by atoms with van der Waals surface area (Å²) in [6.45, 7) is 0.720. The molecule has 1 aromatic carbocycles. The number of nitrogens with two attached hydrogens (primary N) is 2. The zero-order valence-corrected chi connectivity index (χ0v) is 7.88. The normalized spacial score (nSPS) is 8.14. The minimum atomic E-state index is 0.360. The summed E-state index contributed by atoms with van der Waals surface area (Å²) >= 11 is 0. The highest BCUT2D eigenvalue weighted by atomic mass is 14.5. The van der Waals surface area contributed by atoms with E-state index in [4.69, 9.17) is 11.5 Å². The van der Waals surface area contributed by atoms with E-state index in [1.54, 1.807) is 0 Å². The van der Waals surface area contributed by atoms with Gasteiger partial charge in [0.15, 0.2) is 0 Å². The van der Waals surface area contributed by atoms with Crippen molar-refractivity contribution in [3.05, 3.63) is 35.4 Å². The van der Waals surface area contributed by atoms with Crippen LogP contribution in [0.5, 0.6) is 0 Å². The van der Waals surface area contributed by atoms with E-state index in [0.29, 0.717) is 13.1 Å². The SMILES string of the molecule is NCC#Cc1ccccc1C#CCN. The molecule has 1 rings (SSSR count). The fourth-order valence-corrected chi connectivity index (χ4v) is 0.994. The van der Waals surface area contributed by atoms with Gasteiger partial charge in [0.1, 0.15) is 0 Å². The monoisotopic (exact) mass is 184 g/mol. The zero-order chi connectivity index (χ0) is 10.2. The van der Waals surface area contributed by atoms with Gasteiger partial charge < -0.3 is 11.5 Å². The molecule has 0 aliphatic carbocycles. The second-order valence-electron chi connectivity index (χ2n) is 2.56. The maximum atomic E-state index is 5.30. The third kappa shape index (κ3) is 2.95. The molecule has 0 spiro atoms. The Kier molecular flexibility index (Phi) is 4.31. The molecule has 14 heavy (non-hydrogen) atoms. The molecule has 0 unspecified atom stereocenters. The van der Waals surface area contributed by atoms with E-state index in [9.17, 15) is 0 Å². The molecule has 4 N–H and O–H groups in total. The summed E-state index contributed by atoms with van der Waals surface area (Å²) in [7, 11) is 0. The standard InChI is InChI=1S/C12H12N2/c13-9-3-7-11-5-1-2-6-12(11)8-4-10-14/h1-2,5-6H,9-10,13-14H2. The lowest BCUT2D eigenvalue weighted by Crippen LogP contribution is -1.94. The minimum absolute atomic E-state index is 0.360. The van der Waals surface area contributed by atoms with Crippen LogP contribution in [0.25, 0.3) is 0 Å². The van der Waals surface area contributed by atoms with E-state index in [2.05, 4.69) is 23.7 Å². The van der Waals surface area contributed by atoms with Crippen molar-refractivity contribution < 1.29 is 0 Å². The molecule has 2 heteroatoms. The molecule has 70 valence electrons. The lowest BCUT2D eigenvalue weighted by atomic mass is 10.1. The molecule has 0 heterocycles. The maximum Gasteiger partial charge on any atom is 0.0555 e. The third-order valence-corrected chi connectivity index (χ3v) is 1.58. The van der Waals surface area contributed by atoms with Crippen molar-refractivity contribution in [3.8, 4) is 23.7 Å². The molecule has 2 nitrogen and oxygen atoms in total. The number of hydrogen-bond donors (Lipinski definition) is 2. The Balaban J connectivity index is 3.03. The molecule has 0 fully saturated rings. The van der Waals surface area contributed by atoms with Crippen molar-refractivity contribution in [2.24, 2.45) is 11.5 Å². The first kappa shape index (κ1) is 10.3. The van der Waals surface area contributed by atoms with Gasteiger partial charge in [0, 0.05) is 11.1 Å². The molecule has 0 saturated carbocycles. The van der Waals surface area contributed by atoms with Crippen LogP contribution in [0.3, 0.4) is 0 Å². The van der Waals surface area contributed by atoms with E-state index in [1.165, 1.54) is 0 Å². The van der Waals surface area contributed by atoms with Crippen molar-refractivity contribution in [3.63, 3.8) is 0 Å². The summed E-state index contributed by atoms with van der Waals surface area (Å²) in [5, 5.41) is 0. The predicted octanol–water partition coefficient (Wildman–Crippen LogP) is 0.307. The quantitative estimate of drug-likeness (QED) is 0.570. The van der Waals surface area contributed by atoms with Crippen LogP contribution in [0, 0.1) is 23.7 Å². The summed E-state index contributed by atoms with van der Waals surface area (Å²) in [6, 6.07) is 7.69. The Morgan fingerprint density at radius 2 is 1.29 bits per heavy atom. The average Bonchev–Trinajstić information content (AvgIpc) is 2.24. The molecule has 1 aromatic rings. The molecular formula is C12H12N2. The van der Waals surface area contributed by atoms with Gasteiger partial charge in [-0.15, -0.1) is 0 Å². The number of rotatable bonds is 0. The predicted molar refractivity (Wildman–Crippen MR) is 58.3 cm³/mol. The second-order valence-corrected chi connectivity index (χ2v) is 2.56. The van der Waals surface area contributed by atoms with E-state index >= 15 is 0 Å². The first-order valence-electron chi connectivity index (χ1n) is 4.35. The molecule has 0 amide bonds. The van der Waals surface area contributed by atoms with Gasteiger partial charge in [-0.2, -0.15) is 0 Å². The largest absolute Gasteiger partial charge is 0.320 e. The Hall–Kier alpha value is -1.74. The minimum Gasteiger partial charge on any atom is -0.320 e. The van der Waals surface area contributed by atoms with Crippen LogP contribution >= 0.6 is 0 Å². The van der Waals surface area contributed by atoms with Crippen LogP contribution in [-0.4, -0.2) is 13.1 Å². The van der Waals surface area contributed by atoms with E-state index in [-0.39, 0.29) is 0 Å². The van der Waals surface area contributed by atoms with Gasteiger partial charge in [0.2, 0.25) is 0 Å². The van der Waals surface area contributed by atoms with Crippen LogP contribution in [0.15, 0.2) is 24.3 Å². The first-order valence-corrected chi connectivity index (χ1v) is 4.35. The molecule has 0 aromatic heterocycles. The summed E-state index contributed by atoms with van der Waals surface area (Å²) in [5.74, 6) is 11.5. The molecule has 0 bridgehead atoms. The number of benzene rings is 1. The molecule has 0 aliphatic heterocycles. The highest BCUT2D eigenvalue weighted by Gasteiger charge is 1.92. The van der Waals surface area contributed by atoms with Gasteiger partial charge in [-0.25, -0.2) is 0 Å². The van der Waals surface area contributed by atoms with Crippen molar-refractivity contribution in [1.29, 1.82) is 0 Å². The molecular weight excluding hydrogens is 172 g/mol. The number of hydrogen-bond acceptors (Lipinski definition) is 2. The maximum absolute atomic E-state index is 5.30. The Labute approximate surface area is 84.3 Å². The van der Waals surface area contributed by atoms with Crippen LogP contribution in [0.1, 0.15) is 11.1 Å². The highest BCUT2D eigenvalue weighted by molar-refractivity contribution is 5.50. The van der Waals surface area contributed by atoms with Gasteiger partial charge in [0.05, 0.1) is 13.1 Å². The van der Waals surface area contributed by atoms with E-state index in [0.717, 1.165) is 11.1 Å². The lowest BCUT2D eigenvalue weighted by Gasteiger charge is -1.94. The van der Waals surface area contributed by atoms with Crippen LogP contribution in [-0.2, 0) is 0 Å². The summed E-state index contributed by atoms with van der Waals surface area (Å²) < 4.78 is 0. The Morgan fingerprint density at radius 3 is 1.64 bits per heavy atom. The van der Waals surface area contributed by atoms with Crippen molar-refractivity contribution >= 4 is 0 Å². The topological polar surface area (TPSA) is 52.0 Å². The smallest absolute Gasteiger partial charge is 0.0555 e. The van der Waals surface area contributed by atoms with Crippen molar-refractivity contribution in [1.82, 2.24) is 0 Å². The fraction of sp³-hybridized carbons (Fsp3) is 0.167. The zero-order valence-electron chi connectivity index (χ0n) is 7.88. The Morgan fingerprint density at radius 1 is 0.857 bits per heavy atom. The van der Waals surface area contributed by atoms with Crippen LogP contribution < -0.4 is 11.5 Å². The van der Waals surface area contributed by atoms with Gasteiger partial charge >= 0.3 is 0 Å². The summed E-state index contributed by atoms with van der Waals surface area (Å²) in [6.07, 6.45) is 0. The summed E-state index contributed by atoms with van der Waals surface area (Å²) in [5.41, 5.74) is 12.4. The van der Waals surface area contributed by atoms with E-state index < -0.39 is 0 Å². The highest BCUT2D eigenvalue weighted by Crippen LogP contribution is 2.04. The van der Waals surface area contributed by atoms with Gasteiger partial charge in [-0.05, 0) is 12.1 Å². The average molecular weight is 184 g/mol. The van der Waals surface area contributed by atoms with Gasteiger partial charge in [-0.3, -0.25) is 0 Å². The van der Waals surface area contributed by atoms with E-state index in [1.807, 2.05) is 24.3 Å². The van der Waals surface area contributed by atoms with Crippen molar-refractivity contribution in [2.45, 2.75) is 0 Å². The molecule has 0 radical (unpaired) electrons. The fourth-order valence-electron chi connectivity index (χ4n) is 0.994. The molecule has 0 saturated heterocycles. The van der Waals surface area contributed by atoms with Crippen molar-refractivity contribution in [2.75, 3.05) is 13.1 Å². The molecule has 0 atom stereocenters. The van der Waals surface area contributed by atoms with Gasteiger partial charge in [0.25, 0.3) is 0 Å². The Bertz CT molecular complexity index is 372.